The summed E-state index contributed by atoms with van der Waals surface area (Å²) in [6.45, 7) is 16.4. The van der Waals surface area contributed by atoms with Crippen molar-refractivity contribution in [2.45, 2.75) is 102 Å². The second-order valence-electron chi connectivity index (χ2n) is 22.1. The summed E-state index contributed by atoms with van der Waals surface area (Å²) < 4.78 is 114. The Balaban J connectivity index is 0.000000163. The number of anilines is 4. The van der Waals surface area contributed by atoms with Crippen LogP contribution in [0.2, 0.25) is 0 Å². The zero-order chi connectivity index (χ0) is 61.7. The van der Waals surface area contributed by atoms with Gasteiger partial charge in [0, 0.05) is 83.3 Å². The first-order chi connectivity index (χ1) is 40.8. The Morgan fingerprint density at radius 3 is 1.64 bits per heavy atom. The molecule has 0 bridgehead atoms. The second kappa shape index (κ2) is 26.8. The molecule has 2 aromatic carbocycles. The van der Waals surface area contributed by atoms with Crippen LogP contribution in [0.1, 0.15) is 107 Å². The van der Waals surface area contributed by atoms with Crippen molar-refractivity contribution in [3.8, 4) is 11.1 Å². The normalized spacial score (nSPS) is 20.2. The summed E-state index contributed by atoms with van der Waals surface area (Å²) in [4.78, 5) is 45.6. The van der Waals surface area contributed by atoms with Gasteiger partial charge in [-0.3, -0.25) is 29.5 Å². The molecule has 3 saturated heterocycles. The lowest BCUT2D eigenvalue weighted by Crippen LogP contribution is -2.49. The number of aliphatic hydroxyl groups is 2. The smallest absolute Gasteiger partial charge is 0.399 e. The molecule has 9 heterocycles. The number of alkyl halides is 6. The molecule has 0 aliphatic carbocycles. The molecule has 18 nitrogen and oxygen atoms in total. The summed E-state index contributed by atoms with van der Waals surface area (Å²) in [6, 6.07) is 19.0. The van der Waals surface area contributed by atoms with E-state index in [0.717, 1.165) is 112 Å². The molecule has 5 aliphatic heterocycles. The highest BCUT2D eigenvalue weighted by Gasteiger charge is 2.52. The minimum Gasteiger partial charge on any atom is -0.399 e. The quantitative estimate of drug-likeness (QED) is 0.0663. The van der Waals surface area contributed by atoms with Gasteiger partial charge in [-0.15, -0.1) is 0 Å². The Morgan fingerprint density at radius 1 is 0.663 bits per heavy atom. The third kappa shape index (κ3) is 14.8. The third-order valence-electron chi connectivity index (χ3n) is 15.7. The standard InChI is InChI=1S/C27H27F3N4O4.C20H22BF3N2O3.C13H17BrN2O3/c1-16-2-3-19(33-26(36)17-4-5-31-24(11-17)27(28,29)30)12-21(16)18-10-22-25(32-14-18)23(38-9-7-35)13-20-15-37-8-6-34(20)22;1-12-6-7-14(11-15(12)21-28-18(2,3)19(4,5)29-21)26-17(27)13-8-9-25-16(10-13)20(22,23)24;14-9-5-11-13(15-7-9)12(19-4-2-17)6-10-8-18-3-1-16(10)11/h2-5,10-12,14,20,23,35H,6-9,13,15H2,1H3,(H,33,36);6-11H,1-5H3,(H,26,27);5,7,10,12,17H,1-4,6,8H2. The summed E-state index contributed by atoms with van der Waals surface area (Å²) in [5.74, 6) is -1.34. The highest BCUT2D eigenvalue weighted by molar-refractivity contribution is 9.10. The Hall–Kier alpha value is -6.62. The lowest BCUT2D eigenvalue weighted by Gasteiger charge is -2.44. The molecule has 26 heteroatoms. The van der Waals surface area contributed by atoms with Crippen LogP contribution in [0.5, 0.6) is 0 Å². The zero-order valence-electron chi connectivity index (χ0n) is 48.1. The van der Waals surface area contributed by atoms with Crippen LogP contribution in [0, 0.1) is 13.8 Å². The summed E-state index contributed by atoms with van der Waals surface area (Å²) in [7, 11) is -0.616. The van der Waals surface area contributed by atoms with Gasteiger partial charge in [0.25, 0.3) is 11.8 Å². The number of nitrogens with one attached hydrogen (secondary N) is 2. The number of hydrogen-bond donors (Lipinski definition) is 4. The topological polar surface area (TPSA) is 212 Å². The number of halogens is 7. The fourth-order valence-electron chi connectivity index (χ4n) is 10.6. The minimum absolute atomic E-state index is 0.0350. The molecule has 11 rings (SSSR count). The van der Waals surface area contributed by atoms with E-state index in [0.29, 0.717) is 43.7 Å². The van der Waals surface area contributed by atoms with Gasteiger partial charge in [0.1, 0.15) is 23.6 Å². The van der Waals surface area contributed by atoms with Crippen LogP contribution in [0.4, 0.5) is 49.1 Å². The number of aromatic nitrogens is 4. The van der Waals surface area contributed by atoms with E-state index in [9.17, 15) is 41.0 Å². The van der Waals surface area contributed by atoms with Crippen LogP contribution in [0.15, 0.2) is 102 Å². The van der Waals surface area contributed by atoms with Crippen LogP contribution >= 0.6 is 15.9 Å². The number of carbonyl (C=O) groups excluding carboxylic acids is 2. The number of benzene rings is 2. The number of amides is 2. The molecule has 0 saturated carbocycles. The number of hydrogen-bond acceptors (Lipinski definition) is 16. The molecular weight excluding hydrogens is 1200 g/mol. The van der Waals surface area contributed by atoms with Gasteiger partial charge in [0.2, 0.25) is 0 Å². The number of fused-ring (bicyclic) bond motifs is 6. The van der Waals surface area contributed by atoms with Gasteiger partial charge in [-0.05, 0) is 135 Å². The van der Waals surface area contributed by atoms with E-state index in [4.69, 9.17) is 38.3 Å². The molecule has 458 valence electrons. The Labute approximate surface area is 502 Å². The summed E-state index contributed by atoms with van der Waals surface area (Å²) >= 11 is 3.48. The van der Waals surface area contributed by atoms with Crippen LogP contribution in [0.3, 0.4) is 0 Å². The van der Waals surface area contributed by atoms with Gasteiger partial charge < -0.3 is 58.9 Å². The van der Waals surface area contributed by atoms with Gasteiger partial charge in [-0.2, -0.15) is 26.3 Å². The Kier molecular flexibility index (Phi) is 19.9. The molecule has 86 heavy (non-hydrogen) atoms. The van der Waals surface area contributed by atoms with E-state index < -0.39 is 53.9 Å². The maximum atomic E-state index is 13.0. The second-order valence-corrected chi connectivity index (χ2v) is 23.0. The summed E-state index contributed by atoms with van der Waals surface area (Å²) in [5, 5.41) is 23.5. The van der Waals surface area contributed by atoms with Gasteiger partial charge in [-0.25, -0.2) is 0 Å². The number of morpholine rings is 2. The van der Waals surface area contributed by atoms with Crippen LogP contribution < -0.4 is 25.9 Å². The number of aliphatic hydroxyl groups excluding tert-OH is 2. The number of aryl methyl sites for hydroxylation is 2. The van der Waals surface area contributed by atoms with Crippen molar-refractivity contribution in [1.82, 2.24) is 19.9 Å². The van der Waals surface area contributed by atoms with Crippen molar-refractivity contribution in [3.05, 3.63) is 147 Å². The molecule has 0 spiro atoms. The van der Waals surface area contributed by atoms with Crippen molar-refractivity contribution in [2.75, 3.05) is 86.4 Å². The molecule has 3 fully saturated rings. The van der Waals surface area contributed by atoms with Gasteiger partial charge in [0.05, 0.1) is 98.9 Å². The van der Waals surface area contributed by atoms with Crippen molar-refractivity contribution < 1.29 is 74.4 Å². The number of rotatable bonds is 12. The number of carbonyl (C=O) groups is 2. The molecular formula is C60H66BBrF6N8O10. The predicted molar refractivity (Wildman–Crippen MR) is 312 cm³/mol. The van der Waals surface area contributed by atoms with Crippen LogP contribution in [0.25, 0.3) is 11.1 Å². The minimum atomic E-state index is -4.64. The van der Waals surface area contributed by atoms with E-state index in [2.05, 4.69) is 57.4 Å². The number of pyridine rings is 4. The van der Waals surface area contributed by atoms with Crippen LogP contribution in [-0.2, 0) is 40.6 Å². The Bertz CT molecular complexity index is 3390. The van der Waals surface area contributed by atoms with Crippen molar-refractivity contribution in [2.24, 2.45) is 0 Å². The van der Waals surface area contributed by atoms with Crippen molar-refractivity contribution >= 4 is 63.1 Å². The lowest BCUT2D eigenvalue weighted by atomic mass is 9.76. The SMILES string of the molecule is Cc1ccc(NC(=O)c2ccnc(C(F)(F)F)c2)cc1-c1cnc2c(c1)N1CCOCC1CC2OCCO.Cc1ccc(NC(=O)c2ccnc(C(F)(F)F)c2)cc1B1OC(C)(C)C(C)(C)O1.OCCOC1CC2COCCN2c2cc(Br)cnc21. The van der Waals surface area contributed by atoms with E-state index in [1.165, 1.54) is 12.1 Å². The fourth-order valence-corrected chi connectivity index (χ4v) is 10.9. The molecule has 0 radical (unpaired) electrons. The largest absolute Gasteiger partial charge is 0.495 e. The molecule has 2 amide bonds. The molecule has 4 atom stereocenters. The fraction of sp³-hybridized carbons (Fsp3) is 0.433. The number of ether oxygens (including phenoxy) is 4. The first-order valence-electron chi connectivity index (χ1n) is 27.9. The third-order valence-corrected chi connectivity index (χ3v) is 16.1. The summed E-state index contributed by atoms with van der Waals surface area (Å²) in [5.41, 5.74) is 5.38. The van der Waals surface area contributed by atoms with E-state index in [1.807, 2.05) is 53.7 Å². The monoisotopic (exact) mass is 1260 g/mol. The van der Waals surface area contributed by atoms with E-state index >= 15 is 0 Å². The molecule has 4 N–H and O–H groups in total. The average Bonchev–Trinajstić information content (AvgIpc) is 1.28. The summed E-state index contributed by atoms with van der Waals surface area (Å²) in [6.07, 6.45) is -2.53. The first-order valence-corrected chi connectivity index (χ1v) is 28.7. The van der Waals surface area contributed by atoms with Crippen LogP contribution in [-0.4, -0.2) is 138 Å². The maximum Gasteiger partial charge on any atom is 0.495 e. The van der Waals surface area contributed by atoms with Gasteiger partial charge >= 0.3 is 19.5 Å². The first kappa shape index (κ1) is 63.9. The number of nitrogens with zero attached hydrogens (tertiary/aromatic N) is 6. The van der Waals surface area contributed by atoms with E-state index in [1.54, 1.807) is 42.7 Å². The Morgan fingerprint density at radius 2 is 1.14 bits per heavy atom. The maximum absolute atomic E-state index is 13.0. The lowest BCUT2D eigenvalue weighted by molar-refractivity contribution is -0.142. The van der Waals surface area contributed by atoms with Crippen molar-refractivity contribution in [3.63, 3.8) is 0 Å². The van der Waals surface area contributed by atoms with Gasteiger partial charge in [0.15, 0.2) is 0 Å². The molecule has 4 aromatic heterocycles. The van der Waals surface area contributed by atoms with Gasteiger partial charge in [-0.1, -0.05) is 17.7 Å². The average molecular weight is 1260 g/mol. The highest BCUT2D eigenvalue weighted by Crippen LogP contribution is 2.43. The predicted octanol–water partition coefficient (Wildman–Crippen LogP) is 9.85. The highest BCUT2D eigenvalue weighted by atomic mass is 79.9. The van der Waals surface area contributed by atoms with Crippen molar-refractivity contribution in [1.29, 1.82) is 0 Å². The molecule has 5 aliphatic rings. The zero-order valence-corrected chi connectivity index (χ0v) is 49.7. The van der Waals surface area contributed by atoms with E-state index in [-0.39, 0.29) is 49.2 Å². The molecule has 4 unspecified atom stereocenters. The molecule has 6 aromatic rings.